The highest BCUT2D eigenvalue weighted by molar-refractivity contribution is 7.09. The van der Waals surface area contributed by atoms with Crippen LogP contribution in [0.1, 0.15) is 37.0 Å². The zero-order valence-corrected chi connectivity index (χ0v) is 16.5. The largest absolute Gasteiger partial charge is 0.496 e. The Balaban J connectivity index is 1.82. The highest BCUT2D eigenvalue weighted by Crippen LogP contribution is 2.23. The summed E-state index contributed by atoms with van der Waals surface area (Å²) < 4.78 is 5.37. The zero-order chi connectivity index (χ0) is 18.3. The lowest BCUT2D eigenvalue weighted by Gasteiger charge is -2.14. The van der Waals surface area contributed by atoms with E-state index in [4.69, 9.17) is 9.72 Å². The van der Waals surface area contributed by atoms with Crippen molar-refractivity contribution in [2.75, 3.05) is 20.7 Å². The zero-order valence-electron chi connectivity index (χ0n) is 15.7. The predicted molar refractivity (Wildman–Crippen MR) is 106 cm³/mol. The average Bonchev–Trinajstić information content (AvgIpc) is 3.07. The van der Waals surface area contributed by atoms with Crippen LogP contribution < -0.4 is 15.4 Å². The Kier molecular flexibility index (Phi) is 6.82. The molecule has 0 unspecified atom stereocenters. The van der Waals surface area contributed by atoms with Crippen molar-refractivity contribution in [3.63, 3.8) is 0 Å². The van der Waals surface area contributed by atoms with Crippen LogP contribution in [-0.4, -0.2) is 31.6 Å². The van der Waals surface area contributed by atoms with Crippen LogP contribution >= 0.6 is 11.3 Å². The van der Waals surface area contributed by atoms with E-state index in [1.807, 2.05) is 24.3 Å². The maximum absolute atomic E-state index is 5.37. The quantitative estimate of drug-likeness (QED) is 0.613. The van der Waals surface area contributed by atoms with Crippen molar-refractivity contribution in [2.45, 2.75) is 39.2 Å². The standard InChI is InChI=1S/C19H28N4OS/c1-19(2,3)16-13-25-17(23-16)10-11-21-18(20-4)22-12-14-8-6-7-9-15(14)24-5/h6-9,13H,10-12H2,1-5H3,(H2,20,21,22). The molecule has 136 valence electrons. The molecule has 0 bridgehead atoms. The number of para-hydroxylation sites is 1. The van der Waals surface area contributed by atoms with Crippen LogP contribution in [0.5, 0.6) is 5.75 Å². The number of methoxy groups -OCH3 is 1. The molecule has 1 heterocycles. The summed E-state index contributed by atoms with van der Waals surface area (Å²) in [6.07, 6.45) is 0.885. The maximum atomic E-state index is 5.37. The molecule has 0 atom stereocenters. The molecule has 1 aromatic carbocycles. The van der Waals surface area contributed by atoms with E-state index >= 15 is 0 Å². The first-order chi connectivity index (χ1) is 11.9. The molecule has 6 heteroatoms. The second kappa shape index (κ2) is 8.85. The number of nitrogens with zero attached hydrogens (tertiary/aromatic N) is 2. The van der Waals surface area contributed by atoms with Gasteiger partial charge < -0.3 is 15.4 Å². The second-order valence-electron chi connectivity index (χ2n) is 6.79. The van der Waals surface area contributed by atoms with E-state index in [9.17, 15) is 0 Å². The molecule has 0 aliphatic heterocycles. The fraction of sp³-hybridized carbons (Fsp3) is 0.474. The normalized spacial score (nSPS) is 12.1. The van der Waals surface area contributed by atoms with Crippen molar-refractivity contribution in [1.29, 1.82) is 0 Å². The van der Waals surface area contributed by atoms with Crippen molar-refractivity contribution in [3.05, 3.63) is 45.9 Å². The number of aliphatic imine (C=N–C) groups is 1. The number of ether oxygens (including phenoxy) is 1. The van der Waals surface area contributed by atoms with E-state index in [0.29, 0.717) is 6.54 Å². The van der Waals surface area contributed by atoms with Gasteiger partial charge in [0.05, 0.1) is 17.8 Å². The van der Waals surface area contributed by atoms with Crippen LogP contribution in [0.4, 0.5) is 0 Å². The molecule has 0 radical (unpaired) electrons. The minimum atomic E-state index is 0.106. The van der Waals surface area contributed by atoms with Gasteiger partial charge in [0, 0.05) is 42.9 Å². The van der Waals surface area contributed by atoms with Crippen LogP contribution in [0.3, 0.4) is 0 Å². The predicted octanol–water partition coefficient (Wildman–Crippen LogP) is 3.36. The molecule has 0 aliphatic rings. The highest BCUT2D eigenvalue weighted by atomic mass is 32.1. The van der Waals surface area contributed by atoms with Gasteiger partial charge in [-0.15, -0.1) is 11.3 Å². The first-order valence-electron chi connectivity index (χ1n) is 8.45. The van der Waals surface area contributed by atoms with Gasteiger partial charge >= 0.3 is 0 Å². The van der Waals surface area contributed by atoms with Gasteiger partial charge in [-0.1, -0.05) is 39.0 Å². The lowest BCUT2D eigenvalue weighted by Crippen LogP contribution is -2.37. The fourth-order valence-corrected chi connectivity index (χ4v) is 3.33. The van der Waals surface area contributed by atoms with Gasteiger partial charge in [0.15, 0.2) is 5.96 Å². The first kappa shape index (κ1) is 19.2. The Morgan fingerprint density at radius 1 is 1.24 bits per heavy atom. The molecule has 0 spiro atoms. The lowest BCUT2D eigenvalue weighted by molar-refractivity contribution is 0.409. The van der Waals surface area contributed by atoms with E-state index in [1.165, 1.54) is 0 Å². The minimum Gasteiger partial charge on any atom is -0.496 e. The van der Waals surface area contributed by atoms with E-state index in [0.717, 1.165) is 40.9 Å². The summed E-state index contributed by atoms with van der Waals surface area (Å²) in [7, 11) is 3.46. The van der Waals surface area contributed by atoms with Gasteiger partial charge in [-0.05, 0) is 6.07 Å². The molecular formula is C19H28N4OS. The van der Waals surface area contributed by atoms with Crippen LogP contribution in [0.2, 0.25) is 0 Å². The molecule has 2 aromatic rings. The molecule has 25 heavy (non-hydrogen) atoms. The lowest BCUT2D eigenvalue weighted by atomic mass is 9.93. The Bertz CT molecular complexity index is 703. The summed E-state index contributed by atoms with van der Waals surface area (Å²) in [6, 6.07) is 7.98. The maximum Gasteiger partial charge on any atom is 0.191 e. The van der Waals surface area contributed by atoms with Crippen molar-refractivity contribution in [1.82, 2.24) is 15.6 Å². The van der Waals surface area contributed by atoms with Gasteiger partial charge in [0.25, 0.3) is 0 Å². The molecular weight excluding hydrogens is 332 g/mol. The summed E-state index contributed by atoms with van der Waals surface area (Å²) in [5, 5.41) is 9.96. The number of hydrogen-bond donors (Lipinski definition) is 2. The number of guanidine groups is 1. The Labute approximate surface area is 154 Å². The molecule has 2 rings (SSSR count). The van der Waals surface area contributed by atoms with Crippen molar-refractivity contribution in [3.8, 4) is 5.75 Å². The summed E-state index contributed by atoms with van der Waals surface area (Å²) in [5.41, 5.74) is 2.36. The van der Waals surface area contributed by atoms with Gasteiger partial charge in [-0.25, -0.2) is 4.98 Å². The van der Waals surface area contributed by atoms with Crippen LogP contribution in [0.25, 0.3) is 0 Å². The van der Waals surface area contributed by atoms with Crippen LogP contribution in [0, 0.1) is 0 Å². The number of aromatic nitrogens is 1. The van der Waals surface area contributed by atoms with Crippen molar-refractivity contribution in [2.24, 2.45) is 4.99 Å². The summed E-state index contributed by atoms with van der Waals surface area (Å²) in [4.78, 5) is 8.99. The van der Waals surface area contributed by atoms with E-state index in [2.05, 4.69) is 41.8 Å². The third-order valence-corrected chi connectivity index (χ3v) is 4.72. The van der Waals surface area contributed by atoms with Gasteiger partial charge in [-0.2, -0.15) is 0 Å². The smallest absolute Gasteiger partial charge is 0.191 e. The molecule has 2 N–H and O–H groups in total. The molecule has 1 aromatic heterocycles. The first-order valence-corrected chi connectivity index (χ1v) is 9.33. The molecule has 0 saturated carbocycles. The number of thiazole rings is 1. The third-order valence-electron chi connectivity index (χ3n) is 3.81. The molecule has 0 aliphatic carbocycles. The van der Waals surface area contributed by atoms with Crippen LogP contribution in [0.15, 0.2) is 34.6 Å². The van der Waals surface area contributed by atoms with Crippen LogP contribution in [-0.2, 0) is 18.4 Å². The number of hydrogen-bond acceptors (Lipinski definition) is 4. The molecule has 0 fully saturated rings. The monoisotopic (exact) mass is 360 g/mol. The van der Waals surface area contributed by atoms with Crippen molar-refractivity contribution < 1.29 is 4.74 Å². The molecule has 0 saturated heterocycles. The van der Waals surface area contributed by atoms with Gasteiger partial charge in [0.2, 0.25) is 0 Å². The Hall–Kier alpha value is -2.08. The molecule has 0 amide bonds. The Morgan fingerprint density at radius 3 is 2.64 bits per heavy atom. The minimum absolute atomic E-state index is 0.106. The second-order valence-corrected chi connectivity index (χ2v) is 7.73. The number of benzene rings is 1. The highest BCUT2D eigenvalue weighted by Gasteiger charge is 2.17. The number of nitrogens with one attached hydrogen (secondary N) is 2. The Morgan fingerprint density at radius 2 is 2.00 bits per heavy atom. The van der Waals surface area contributed by atoms with E-state index < -0.39 is 0 Å². The van der Waals surface area contributed by atoms with Gasteiger partial charge in [-0.3, -0.25) is 4.99 Å². The van der Waals surface area contributed by atoms with E-state index in [-0.39, 0.29) is 5.41 Å². The average molecular weight is 361 g/mol. The summed E-state index contributed by atoms with van der Waals surface area (Å²) >= 11 is 1.72. The van der Waals surface area contributed by atoms with E-state index in [1.54, 1.807) is 25.5 Å². The SMILES string of the molecule is CN=C(NCCc1nc(C(C)(C)C)cs1)NCc1ccccc1OC. The summed E-state index contributed by atoms with van der Waals surface area (Å²) in [6.45, 7) is 8.02. The number of rotatable bonds is 6. The topological polar surface area (TPSA) is 58.5 Å². The summed E-state index contributed by atoms with van der Waals surface area (Å²) in [5.74, 6) is 1.65. The van der Waals surface area contributed by atoms with Gasteiger partial charge in [0.1, 0.15) is 5.75 Å². The molecule has 5 nitrogen and oxygen atoms in total. The fourth-order valence-electron chi connectivity index (χ4n) is 2.31. The van der Waals surface area contributed by atoms with Crippen molar-refractivity contribution >= 4 is 17.3 Å². The third kappa shape index (κ3) is 5.74.